The number of anilines is 2. The Morgan fingerprint density at radius 2 is 1.61 bits per heavy atom. The van der Waals surface area contributed by atoms with Crippen molar-refractivity contribution in [1.29, 1.82) is 0 Å². The van der Waals surface area contributed by atoms with Crippen molar-refractivity contribution in [3.05, 3.63) is 71.4 Å². The summed E-state index contributed by atoms with van der Waals surface area (Å²) in [5, 5.41) is 0. The van der Waals surface area contributed by atoms with E-state index in [2.05, 4.69) is 73.5 Å². The van der Waals surface area contributed by atoms with E-state index in [0.717, 1.165) is 6.42 Å². The fourth-order valence-electron chi connectivity index (χ4n) is 2.66. The molecule has 1 nitrogen and oxygen atoms in total. The Labute approximate surface area is 108 Å². The summed E-state index contributed by atoms with van der Waals surface area (Å²) in [7, 11) is 0. The molecule has 1 heteroatoms. The zero-order valence-corrected chi connectivity index (χ0v) is 10.9. The minimum atomic E-state index is 1.03. The number of fused-ring (bicyclic) bond motifs is 1. The molecule has 1 aliphatic heterocycles. The van der Waals surface area contributed by atoms with Crippen LogP contribution in [0.3, 0.4) is 0 Å². The minimum Gasteiger partial charge on any atom is -0.317 e. The predicted molar refractivity (Wildman–Crippen MR) is 77.3 cm³/mol. The van der Waals surface area contributed by atoms with Gasteiger partial charge in [-0.05, 0) is 43.0 Å². The number of rotatable bonds is 1. The lowest BCUT2D eigenvalue weighted by Gasteiger charge is -2.29. The highest BCUT2D eigenvalue weighted by molar-refractivity contribution is 5.75. The van der Waals surface area contributed by atoms with E-state index >= 15 is 0 Å². The van der Waals surface area contributed by atoms with Gasteiger partial charge in [0.2, 0.25) is 0 Å². The molecule has 0 aromatic heterocycles. The van der Waals surface area contributed by atoms with Gasteiger partial charge in [-0.1, -0.05) is 42.5 Å². The van der Waals surface area contributed by atoms with Gasteiger partial charge in [-0.25, -0.2) is 0 Å². The minimum absolute atomic E-state index is 1.03. The highest BCUT2D eigenvalue weighted by Gasteiger charge is 2.16. The molecule has 0 unspecified atom stereocenters. The van der Waals surface area contributed by atoms with Crippen LogP contribution in [-0.2, 0) is 6.42 Å². The van der Waals surface area contributed by atoms with E-state index in [1.807, 2.05) is 0 Å². The van der Waals surface area contributed by atoms with Gasteiger partial charge in [-0.15, -0.1) is 0 Å². The maximum atomic E-state index is 2.31. The topological polar surface area (TPSA) is 3.24 Å². The van der Waals surface area contributed by atoms with Gasteiger partial charge in [-0.3, -0.25) is 0 Å². The van der Waals surface area contributed by atoms with Gasteiger partial charge in [0, 0.05) is 11.9 Å². The standard InChI is InChI=1S/C17H17N/c1-13-7-5-8-14(2)17(13)18-12-6-10-15-9-3-4-11-16(15)18/h3-9,11-12H,10H2,1-2H3. The van der Waals surface area contributed by atoms with Crippen molar-refractivity contribution in [3.63, 3.8) is 0 Å². The number of nitrogens with zero attached hydrogens (tertiary/aromatic N) is 1. The first-order chi connectivity index (χ1) is 8.77. The molecule has 18 heavy (non-hydrogen) atoms. The van der Waals surface area contributed by atoms with Gasteiger partial charge in [-0.2, -0.15) is 0 Å². The van der Waals surface area contributed by atoms with Crippen LogP contribution >= 0.6 is 0 Å². The number of hydrogen-bond acceptors (Lipinski definition) is 1. The normalized spacial score (nSPS) is 13.6. The zero-order valence-electron chi connectivity index (χ0n) is 10.9. The fourth-order valence-corrected chi connectivity index (χ4v) is 2.66. The van der Waals surface area contributed by atoms with Gasteiger partial charge >= 0.3 is 0 Å². The molecule has 2 aromatic rings. The third-order valence-corrected chi connectivity index (χ3v) is 3.52. The van der Waals surface area contributed by atoms with Crippen molar-refractivity contribution in [1.82, 2.24) is 0 Å². The monoisotopic (exact) mass is 235 g/mol. The van der Waals surface area contributed by atoms with Crippen LogP contribution in [0.1, 0.15) is 16.7 Å². The molecule has 3 rings (SSSR count). The summed E-state index contributed by atoms with van der Waals surface area (Å²) in [5.74, 6) is 0. The first-order valence-corrected chi connectivity index (χ1v) is 6.37. The van der Waals surface area contributed by atoms with E-state index in [1.54, 1.807) is 0 Å². The largest absolute Gasteiger partial charge is 0.317 e. The van der Waals surface area contributed by atoms with E-state index in [0.29, 0.717) is 0 Å². The quantitative estimate of drug-likeness (QED) is 0.703. The molecule has 0 amide bonds. The average Bonchev–Trinajstić information content (AvgIpc) is 2.39. The molecular formula is C17H17N. The Hall–Kier alpha value is -2.02. The molecule has 0 saturated heterocycles. The summed E-state index contributed by atoms with van der Waals surface area (Å²) in [6.45, 7) is 4.35. The molecule has 0 aliphatic carbocycles. The van der Waals surface area contributed by atoms with Crippen molar-refractivity contribution >= 4 is 11.4 Å². The summed E-state index contributed by atoms with van der Waals surface area (Å²) < 4.78 is 0. The van der Waals surface area contributed by atoms with Crippen molar-refractivity contribution in [2.45, 2.75) is 20.3 Å². The Morgan fingerprint density at radius 3 is 2.39 bits per heavy atom. The van der Waals surface area contributed by atoms with Crippen molar-refractivity contribution in [2.75, 3.05) is 4.90 Å². The predicted octanol–water partition coefficient (Wildman–Crippen LogP) is 4.51. The van der Waals surface area contributed by atoms with Crippen LogP contribution in [0.5, 0.6) is 0 Å². The summed E-state index contributed by atoms with van der Waals surface area (Å²) >= 11 is 0. The molecule has 0 atom stereocenters. The molecule has 0 saturated carbocycles. The van der Waals surface area contributed by atoms with E-state index in [-0.39, 0.29) is 0 Å². The Bertz CT molecular complexity index is 591. The second-order valence-corrected chi connectivity index (χ2v) is 4.83. The van der Waals surface area contributed by atoms with E-state index in [9.17, 15) is 0 Å². The zero-order chi connectivity index (χ0) is 12.5. The second-order valence-electron chi connectivity index (χ2n) is 4.83. The highest BCUT2D eigenvalue weighted by atomic mass is 15.1. The molecule has 0 N–H and O–H groups in total. The number of benzene rings is 2. The van der Waals surface area contributed by atoms with Gasteiger partial charge in [0.25, 0.3) is 0 Å². The van der Waals surface area contributed by atoms with Crippen LogP contribution in [-0.4, -0.2) is 0 Å². The average molecular weight is 235 g/mol. The van der Waals surface area contributed by atoms with Crippen molar-refractivity contribution in [2.24, 2.45) is 0 Å². The first kappa shape index (κ1) is 11.1. The number of para-hydroxylation sites is 2. The van der Waals surface area contributed by atoms with Gasteiger partial charge in [0.05, 0.1) is 5.69 Å². The first-order valence-electron chi connectivity index (χ1n) is 6.37. The molecule has 0 spiro atoms. The Kier molecular flexibility index (Phi) is 2.67. The molecule has 0 fully saturated rings. The summed E-state index contributed by atoms with van der Waals surface area (Å²) in [4.78, 5) is 2.31. The molecule has 2 aromatic carbocycles. The molecule has 1 heterocycles. The van der Waals surface area contributed by atoms with Crippen LogP contribution in [0.15, 0.2) is 54.7 Å². The third kappa shape index (κ3) is 1.72. The van der Waals surface area contributed by atoms with Crippen molar-refractivity contribution < 1.29 is 0 Å². The smallest absolute Gasteiger partial charge is 0.0513 e. The lowest BCUT2D eigenvalue weighted by Crippen LogP contribution is -2.16. The fraction of sp³-hybridized carbons (Fsp3) is 0.176. The van der Waals surface area contributed by atoms with Crippen molar-refractivity contribution in [3.8, 4) is 0 Å². The van der Waals surface area contributed by atoms with Gasteiger partial charge in [0.15, 0.2) is 0 Å². The maximum Gasteiger partial charge on any atom is 0.0513 e. The lowest BCUT2D eigenvalue weighted by atomic mass is 10.0. The molecule has 0 radical (unpaired) electrons. The van der Waals surface area contributed by atoms with Gasteiger partial charge in [0.1, 0.15) is 0 Å². The summed E-state index contributed by atoms with van der Waals surface area (Å²) in [5.41, 5.74) is 6.63. The third-order valence-electron chi connectivity index (χ3n) is 3.52. The molecule has 1 aliphatic rings. The van der Waals surface area contributed by atoms with E-state index in [1.165, 1.54) is 28.1 Å². The maximum absolute atomic E-state index is 2.31. The number of allylic oxidation sites excluding steroid dienone is 1. The van der Waals surface area contributed by atoms with Crippen LogP contribution in [0.25, 0.3) is 0 Å². The SMILES string of the molecule is Cc1cccc(C)c1N1C=CCc2ccccc21. The van der Waals surface area contributed by atoms with E-state index in [4.69, 9.17) is 0 Å². The Morgan fingerprint density at radius 1 is 0.889 bits per heavy atom. The Balaban J connectivity index is 2.18. The van der Waals surface area contributed by atoms with Gasteiger partial charge < -0.3 is 4.90 Å². The number of aryl methyl sites for hydroxylation is 2. The molecule has 90 valence electrons. The summed E-state index contributed by atoms with van der Waals surface area (Å²) in [6, 6.07) is 15.1. The molecule has 0 bridgehead atoms. The summed E-state index contributed by atoms with van der Waals surface area (Å²) in [6.07, 6.45) is 5.45. The van der Waals surface area contributed by atoms with Crippen LogP contribution in [0.2, 0.25) is 0 Å². The van der Waals surface area contributed by atoms with Crippen LogP contribution in [0, 0.1) is 13.8 Å². The lowest BCUT2D eigenvalue weighted by molar-refractivity contribution is 1.11. The van der Waals surface area contributed by atoms with E-state index < -0.39 is 0 Å². The molecular weight excluding hydrogens is 218 g/mol. The van der Waals surface area contributed by atoms with Crippen LogP contribution in [0.4, 0.5) is 11.4 Å². The number of hydrogen-bond donors (Lipinski definition) is 0. The van der Waals surface area contributed by atoms with Crippen LogP contribution < -0.4 is 4.90 Å². The second kappa shape index (κ2) is 4.34. The highest BCUT2D eigenvalue weighted by Crippen LogP contribution is 2.36.